The van der Waals surface area contributed by atoms with Crippen molar-refractivity contribution in [2.45, 2.75) is 25.5 Å². The van der Waals surface area contributed by atoms with Crippen LogP contribution in [0.25, 0.3) is 0 Å². The smallest absolute Gasteiger partial charge is 0.0948 e. The van der Waals surface area contributed by atoms with Gasteiger partial charge in [0.15, 0.2) is 0 Å². The maximum absolute atomic E-state index is 9.40. The van der Waals surface area contributed by atoms with Crippen LogP contribution in [0, 0.1) is 0 Å². The minimum Gasteiger partial charge on any atom is -0.389 e. The summed E-state index contributed by atoms with van der Waals surface area (Å²) in [4.78, 5) is 0. The average molecular weight is 205 g/mol. The Labute approximate surface area is 84.2 Å². The number of aliphatic hydroxyl groups excluding tert-OH is 1. The lowest BCUT2D eigenvalue weighted by Gasteiger charge is -2.13. The van der Waals surface area contributed by atoms with Crippen molar-refractivity contribution < 1.29 is 9.84 Å². The molecule has 1 fully saturated rings. The van der Waals surface area contributed by atoms with Crippen molar-refractivity contribution in [2.75, 3.05) is 31.3 Å². The first-order valence-electron chi connectivity index (χ1n) is 4.91. The van der Waals surface area contributed by atoms with Gasteiger partial charge in [0.05, 0.1) is 25.4 Å². The summed E-state index contributed by atoms with van der Waals surface area (Å²) in [5, 5.41) is 12.7. The summed E-state index contributed by atoms with van der Waals surface area (Å²) < 4.78 is 5.13. The Morgan fingerprint density at radius 2 is 2.38 bits per heavy atom. The molecule has 0 amide bonds. The maximum Gasteiger partial charge on any atom is 0.0948 e. The molecular weight excluding hydrogens is 186 g/mol. The van der Waals surface area contributed by atoms with Gasteiger partial charge in [-0.05, 0) is 24.5 Å². The van der Waals surface area contributed by atoms with Gasteiger partial charge in [-0.15, -0.1) is 0 Å². The highest BCUT2D eigenvalue weighted by Gasteiger charge is 2.24. The third-order valence-electron chi connectivity index (χ3n) is 2.13. The van der Waals surface area contributed by atoms with Gasteiger partial charge in [-0.3, -0.25) is 0 Å². The van der Waals surface area contributed by atoms with Crippen LogP contribution >= 0.6 is 11.8 Å². The molecule has 1 aliphatic rings. The molecule has 2 unspecified atom stereocenters. The summed E-state index contributed by atoms with van der Waals surface area (Å²) in [5.41, 5.74) is 0. The van der Waals surface area contributed by atoms with E-state index in [-0.39, 0.29) is 12.1 Å². The Morgan fingerprint density at radius 3 is 3.00 bits per heavy atom. The summed E-state index contributed by atoms with van der Waals surface area (Å²) in [6.07, 6.45) is 0.862. The highest BCUT2D eigenvalue weighted by atomic mass is 32.2. The van der Waals surface area contributed by atoms with Crippen LogP contribution in [0.1, 0.15) is 13.3 Å². The normalized spacial score (nSPS) is 28.2. The molecule has 0 saturated carbocycles. The van der Waals surface area contributed by atoms with E-state index in [0.717, 1.165) is 6.54 Å². The molecule has 0 aromatic heterocycles. The number of thioether (sulfide) groups is 1. The first kappa shape index (κ1) is 11.3. The molecular formula is C9H19NO2S. The summed E-state index contributed by atoms with van der Waals surface area (Å²) in [5.74, 6) is 2.39. The zero-order valence-corrected chi connectivity index (χ0v) is 8.98. The van der Waals surface area contributed by atoms with Crippen molar-refractivity contribution in [3.8, 4) is 0 Å². The number of hydrogen-bond acceptors (Lipinski definition) is 4. The number of hydrogen-bond donors (Lipinski definition) is 2. The monoisotopic (exact) mass is 205 g/mol. The molecule has 2 atom stereocenters. The molecule has 1 rings (SSSR count). The third kappa shape index (κ3) is 4.31. The van der Waals surface area contributed by atoms with E-state index in [0.29, 0.717) is 13.2 Å². The topological polar surface area (TPSA) is 41.5 Å². The molecule has 1 saturated heterocycles. The van der Waals surface area contributed by atoms with Gasteiger partial charge in [-0.2, -0.15) is 11.8 Å². The molecule has 3 nitrogen and oxygen atoms in total. The molecule has 1 heterocycles. The molecule has 0 bridgehead atoms. The summed E-state index contributed by atoms with van der Waals surface area (Å²) in [7, 11) is 0. The number of ether oxygens (including phenoxy) is 1. The van der Waals surface area contributed by atoms with Crippen LogP contribution in [0.15, 0.2) is 0 Å². The first-order chi connectivity index (χ1) is 6.34. The van der Waals surface area contributed by atoms with Crippen LogP contribution in [0.5, 0.6) is 0 Å². The lowest BCUT2D eigenvalue weighted by Crippen LogP contribution is -2.39. The second kappa shape index (κ2) is 6.65. The van der Waals surface area contributed by atoms with Gasteiger partial charge < -0.3 is 15.2 Å². The van der Waals surface area contributed by atoms with Crippen molar-refractivity contribution in [1.82, 2.24) is 5.32 Å². The van der Waals surface area contributed by atoms with Crippen molar-refractivity contribution in [3.63, 3.8) is 0 Å². The fourth-order valence-corrected chi connectivity index (χ4v) is 1.98. The van der Waals surface area contributed by atoms with Gasteiger partial charge in [-0.25, -0.2) is 0 Å². The Hall–Kier alpha value is 0.230. The van der Waals surface area contributed by atoms with Crippen molar-refractivity contribution in [2.24, 2.45) is 0 Å². The van der Waals surface area contributed by atoms with E-state index in [1.54, 1.807) is 0 Å². The number of aliphatic hydroxyl groups is 1. The van der Waals surface area contributed by atoms with Crippen molar-refractivity contribution >= 4 is 11.8 Å². The second-order valence-corrected chi connectivity index (χ2v) is 4.61. The summed E-state index contributed by atoms with van der Waals surface area (Å²) >= 11 is 1.96. The lowest BCUT2D eigenvalue weighted by atomic mass is 10.2. The number of rotatable bonds is 6. The highest BCUT2D eigenvalue weighted by molar-refractivity contribution is 7.99. The minimum atomic E-state index is -0.307. The van der Waals surface area contributed by atoms with Crippen molar-refractivity contribution in [3.05, 3.63) is 0 Å². The fourth-order valence-electron chi connectivity index (χ4n) is 1.34. The van der Waals surface area contributed by atoms with Gasteiger partial charge >= 0.3 is 0 Å². The number of nitrogens with one attached hydrogen (secondary N) is 1. The minimum absolute atomic E-state index is 0.159. The van der Waals surface area contributed by atoms with E-state index >= 15 is 0 Å². The van der Waals surface area contributed by atoms with Crippen LogP contribution < -0.4 is 5.32 Å². The van der Waals surface area contributed by atoms with E-state index in [2.05, 4.69) is 12.2 Å². The Kier molecular flexibility index (Phi) is 5.78. The standard InChI is InChI=1S/C9H19NO2S/c1-2-13-5-3-4-10-8-6-12-7-9(8)11/h8-11H,2-7H2,1H3. The first-order valence-corrected chi connectivity index (χ1v) is 6.07. The highest BCUT2D eigenvalue weighted by Crippen LogP contribution is 2.05. The van der Waals surface area contributed by atoms with Crippen LogP contribution in [0.2, 0.25) is 0 Å². The zero-order valence-electron chi connectivity index (χ0n) is 8.16. The molecule has 0 aromatic rings. The molecule has 2 N–H and O–H groups in total. The van der Waals surface area contributed by atoms with E-state index in [1.165, 1.54) is 17.9 Å². The van der Waals surface area contributed by atoms with Crippen LogP contribution in [-0.4, -0.2) is 48.5 Å². The van der Waals surface area contributed by atoms with Crippen LogP contribution in [0.3, 0.4) is 0 Å². The lowest BCUT2D eigenvalue weighted by molar-refractivity contribution is 0.122. The largest absolute Gasteiger partial charge is 0.389 e. The Balaban J connectivity index is 1.93. The van der Waals surface area contributed by atoms with E-state index in [9.17, 15) is 5.11 Å². The maximum atomic E-state index is 9.40. The quantitative estimate of drug-likeness (QED) is 0.619. The van der Waals surface area contributed by atoms with E-state index in [4.69, 9.17) is 4.74 Å². The van der Waals surface area contributed by atoms with Crippen LogP contribution in [-0.2, 0) is 4.74 Å². The summed E-state index contributed by atoms with van der Waals surface area (Å²) in [6.45, 7) is 4.30. The molecule has 4 heteroatoms. The molecule has 1 aliphatic heterocycles. The molecule has 78 valence electrons. The SMILES string of the molecule is CCSCCCNC1COCC1O. The predicted octanol–water partition coefficient (Wildman–Crippen LogP) is 0.479. The molecule has 0 aliphatic carbocycles. The van der Waals surface area contributed by atoms with Crippen molar-refractivity contribution in [1.29, 1.82) is 0 Å². The van der Waals surface area contributed by atoms with Gasteiger partial charge in [0.25, 0.3) is 0 Å². The van der Waals surface area contributed by atoms with Gasteiger partial charge in [0.2, 0.25) is 0 Å². The van der Waals surface area contributed by atoms with Gasteiger partial charge in [-0.1, -0.05) is 6.92 Å². The fraction of sp³-hybridized carbons (Fsp3) is 1.00. The van der Waals surface area contributed by atoms with Gasteiger partial charge in [0.1, 0.15) is 0 Å². The predicted molar refractivity (Wildman–Crippen MR) is 56.2 cm³/mol. The van der Waals surface area contributed by atoms with E-state index in [1.807, 2.05) is 11.8 Å². The second-order valence-electron chi connectivity index (χ2n) is 3.22. The average Bonchev–Trinajstić information content (AvgIpc) is 2.52. The molecule has 0 radical (unpaired) electrons. The molecule has 0 aromatic carbocycles. The molecule has 13 heavy (non-hydrogen) atoms. The van der Waals surface area contributed by atoms with Crippen LogP contribution in [0.4, 0.5) is 0 Å². The van der Waals surface area contributed by atoms with E-state index < -0.39 is 0 Å². The Bertz CT molecular complexity index is 135. The van der Waals surface area contributed by atoms with Gasteiger partial charge in [0, 0.05) is 0 Å². The Morgan fingerprint density at radius 1 is 1.54 bits per heavy atom. The third-order valence-corrected chi connectivity index (χ3v) is 3.11. The zero-order chi connectivity index (χ0) is 9.52. The molecule has 0 spiro atoms. The summed E-state index contributed by atoms with van der Waals surface area (Å²) in [6, 6.07) is 0.159.